The van der Waals surface area contributed by atoms with E-state index in [1.807, 2.05) is 0 Å². The van der Waals surface area contributed by atoms with Crippen LogP contribution in [0, 0.1) is 0 Å². The molecule has 3 aliphatic rings. The summed E-state index contributed by atoms with van der Waals surface area (Å²) in [5, 5.41) is 2.36. The summed E-state index contributed by atoms with van der Waals surface area (Å²) >= 11 is 0. The van der Waals surface area contributed by atoms with E-state index in [-0.39, 0.29) is 10.8 Å². The van der Waals surface area contributed by atoms with Crippen LogP contribution in [0.1, 0.15) is 49.9 Å². The zero-order valence-electron chi connectivity index (χ0n) is 31.5. The van der Waals surface area contributed by atoms with E-state index in [4.69, 9.17) is 4.74 Å². The van der Waals surface area contributed by atoms with Gasteiger partial charge in [0.05, 0.1) is 22.7 Å². The zero-order chi connectivity index (χ0) is 37.1. The van der Waals surface area contributed by atoms with Crippen LogP contribution in [-0.4, -0.2) is 0 Å². The summed E-state index contributed by atoms with van der Waals surface area (Å²) in [6.45, 7) is 9.40. The SMILES string of the molecule is CC1(C)c2ccccc2-c2ccc(N(c3cccc(-c4ccccc4)c3)c3ccc4c5c3Oc3ccc6ccccc6c3N5c3ccccc3C4(C)C)cc21. The Balaban J connectivity index is 1.20. The van der Waals surface area contributed by atoms with Crippen LogP contribution in [-0.2, 0) is 10.8 Å². The number of hydrogen-bond donors (Lipinski definition) is 0. The first-order chi connectivity index (χ1) is 26.8. The van der Waals surface area contributed by atoms with Crippen molar-refractivity contribution in [1.29, 1.82) is 0 Å². The van der Waals surface area contributed by atoms with Gasteiger partial charge in [-0.15, -0.1) is 0 Å². The van der Waals surface area contributed by atoms with Gasteiger partial charge in [-0.3, -0.25) is 0 Å². The molecule has 0 radical (unpaired) electrons. The number of ether oxygens (including phenoxy) is 1. The Morgan fingerprint density at radius 3 is 2.04 bits per heavy atom. The molecule has 3 heteroatoms. The Labute approximate surface area is 322 Å². The number of hydrogen-bond acceptors (Lipinski definition) is 3. The number of rotatable bonds is 4. The molecule has 0 amide bonds. The summed E-state index contributed by atoms with van der Waals surface area (Å²) in [5.74, 6) is 1.71. The second kappa shape index (κ2) is 11.5. The largest absolute Gasteiger partial charge is 0.451 e. The second-order valence-electron chi connectivity index (χ2n) is 16.2. The number of nitrogens with zero attached hydrogens (tertiary/aromatic N) is 2. The number of fused-ring (bicyclic) bond motifs is 9. The molecule has 0 fully saturated rings. The Hall–Kier alpha value is -6.58. The monoisotopic (exact) mass is 708 g/mol. The van der Waals surface area contributed by atoms with Gasteiger partial charge in [-0.05, 0) is 92.4 Å². The lowest BCUT2D eigenvalue weighted by Gasteiger charge is -2.46. The van der Waals surface area contributed by atoms with E-state index in [1.165, 1.54) is 55.4 Å². The van der Waals surface area contributed by atoms with Gasteiger partial charge in [0, 0.05) is 27.6 Å². The molecule has 0 saturated carbocycles. The number of benzene rings is 8. The van der Waals surface area contributed by atoms with Crippen molar-refractivity contribution in [3.8, 4) is 33.8 Å². The van der Waals surface area contributed by atoms with Crippen molar-refractivity contribution in [1.82, 2.24) is 0 Å². The van der Waals surface area contributed by atoms with Gasteiger partial charge in [-0.1, -0.05) is 155 Å². The highest BCUT2D eigenvalue weighted by Crippen LogP contribution is 2.64. The van der Waals surface area contributed by atoms with Gasteiger partial charge in [0.1, 0.15) is 0 Å². The van der Waals surface area contributed by atoms with Crippen LogP contribution >= 0.6 is 0 Å². The van der Waals surface area contributed by atoms with Crippen LogP contribution in [0.5, 0.6) is 11.5 Å². The maximum Gasteiger partial charge on any atom is 0.175 e. The lowest BCUT2D eigenvalue weighted by atomic mass is 9.73. The number of anilines is 6. The summed E-state index contributed by atoms with van der Waals surface area (Å²) in [5.41, 5.74) is 16.3. The summed E-state index contributed by atoms with van der Waals surface area (Å²) in [6, 6.07) is 62.0. The minimum atomic E-state index is -0.261. The molecule has 0 bridgehead atoms. The third kappa shape index (κ3) is 4.50. The summed E-state index contributed by atoms with van der Waals surface area (Å²) in [4.78, 5) is 4.90. The predicted molar refractivity (Wildman–Crippen MR) is 229 cm³/mol. The minimum Gasteiger partial charge on any atom is -0.451 e. The molecule has 55 heavy (non-hydrogen) atoms. The molecule has 0 N–H and O–H groups in total. The fourth-order valence-electron chi connectivity index (χ4n) is 9.63. The Bertz CT molecular complexity index is 2870. The maximum absolute atomic E-state index is 7.31. The van der Waals surface area contributed by atoms with Crippen molar-refractivity contribution < 1.29 is 4.74 Å². The molecule has 2 heterocycles. The third-order valence-corrected chi connectivity index (χ3v) is 12.4. The highest BCUT2D eigenvalue weighted by atomic mass is 16.5. The molecule has 8 aromatic carbocycles. The molecule has 0 unspecified atom stereocenters. The van der Waals surface area contributed by atoms with Crippen LogP contribution < -0.4 is 14.5 Å². The van der Waals surface area contributed by atoms with E-state index in [2.05, 4.69) is 207 Å². The van der Waals surface area contributed by atoms with Crippen molar-refractivity contribution in [2.24, 2.45) is 0 Å². The lowest BCUT2D eigenvalue weighted by Crippen LogP contribution is -2.33. The molecular formula is C52H40N2O. The molecular weight excluding hydrogens is 669 g/mol. The number of para-hydroxylation sites is 1. The predicted octanol–water partition coefficient (Wildman–Crippen LogP) is 14.5. The molecule has 2 aliphatic heterocycles. The smallest absolute Gasteiger partial charge is 0.175 e. The Kier molecular flexibility index (Phi) is 6.65. The summed E-state index contributed by atoms with van der Waals surface area (Å²) < 4.78 is 7.31. The molecule has 1 aliphatic carbocycles. The average molecular weight is 709 g/mol. The summed E-state index contributed by atoms with van der Waals surface area (Å²) in [7, 11) is 0. The van der Waals surface area contributed by atoms with Crippen molar-refractivity contribution in [2.45, 2.75) is 38.5 Å². The molecule has 11 rings (SSSR count). The lowest BCUT2D eigenvalue weighted by molar-refractivity contribution is 0.473. The van der Waals surface area contributed by atoms with Crippen molar-refractivity contribution in [3.63, 3.8) is 0 Å². The highest BCUT2D eigenvalue weighted by molar-refractivity contribution is 6.07. The highest BCUT2D eigenvalue weighted by Gasteiger charge is 2.44. The first-order valence-electron chi connectivity index (χ1n) is 19.3. The van der Waals surface area contributed by atoms with E-state index in [0.717, 1.165) is 45.5 Å². The maximum atomic E-state index is 7.31. The van der Waals surface area contributed by atoms with Crippen LogP contribution in [0.4, 0.5) is 34.1 Å². The van der Waals surface area contributed by atoms with E-state index in [0.29, 0.717) is 0 Å². The van der Waals surface area contributed by atoms with E-state index in [9.17, 15) is 0 Å². The zero-order valence-corrected chi connectivity index (χ0v) is 31.5. The van der Waals surface area contributed by atoms with Crippen molar-refractivity contribution in [2.75, 3.05) is 9.80 Å². The molecule has 264 valence electrons. The van der Waals surface area contributed by atoms with Gasteiger partial charge in [-0.2, -0.15) is 0 Å². The van der Waals surface area contributed by atoms with Gasteiger partial charge < -0.3 is 14.5 Å². The fraction of sp³-hybridized carbons (Fsp3) is 0.115. The summed E-state index contributed by atoms with van der Waals surface area (Å²) in [6.07, 6.45) is 0. The Morgan fingerprint density at radius 1 is 0.473 bits per heavy atom. The van der Waals surface area contributed by atoms with Gasteiger partial charge in [0.25, 0.3) is 0 Å². The first-order valence-corrected chi connectivity index (χ1v) is 19.3. The van der Waals surface area contributed by atoms with Crippen LogP contribution in [0.15, 0.2) is 170 Å². The Morgan fingerprint density at radius 2 is 1.16 bits per heavy atom. The quantitative estimate of drug-likeness (QED) is 0.181. The minimum absolute atomic E-state index is 0.148. The molecule has 8 aromatic rings. The van der Waals surface area contributed by atoms with Gasteiger partial charge >= 0.3 is 0 Å². The molecule has 0 aromatic heterocycles. The third-order valence-electron chi connectivity index (χ3n) is 12.4. The van der Waals surface area contributed by atoms with Crippen molar-refractivity contribution in [3.05, 3.63) is 192 Å². The molecule has 3 nitrogen and oxygen atoms in total. The topological polar surface area (TPSA) is 15.7 Å². The molecule has 0 saturated heterocycles. The van der Waals surface area contributed by atoms with E-state index < -0.39 is 0 Å². The van der Waals surface area contributed by atoms with Gasteiger partial charge in [-0.25, -0.2) is 0 Å². The molecule has 0 spiro atoms. The van der Waals surface area contributed by atoms with Crippen molar-refractivity contribution >= 4 is 44.9 Å². The fourth-order valence-corrected chi connectivity index (χ4v) is 9.63. The standard InChI is InChI=1S/C52H40N2O/c1-51(2)41-22-11-10-21-39(41)40-27-26-37(32-44(40)51)53(36-19-14-18-35(31-36)33-15-6-5-7-16-33)46-29-28-43-49-50(46)55-47-30-25-34-17-8-9-20-38(34)48(47)54(49)45-24-13-12-23-42(45)52(43,3)4/h5-32H,1-4H3. The van der Waals surface area contributed by atoms with E-state index in [1.54, 1.807) is 0 Å². The first kappa shape index (κ1) is 31.9. The van der Waals surface area contributed by atoms with E-state index >= 15 is 0 Å². The second-order valence-corrected chi connectivity index (χ2v) is 16.2. The molecule has 0 atom stereocenters. The van der Waals surface area contributed by atoms with Crippen LogP contribution in [0.3, 0.4) is 0 Å². The van der Waals surface area contributed by atoms with Crippen LogP contribution in [0.2, 0.25) is 0 Å². The van der Waals surface area contributed by atoms with Gasteiger partial charge in [0.15, 0.2) is 11.5 Å². The van der Waals surface area contributed by atoms with Gasteiger partial charge in [0.2, 0.25) is 0 Å². The average Bonchev–Trinajstić information content (AvgIpc) is 3.45. The van der Waals surface area contributed by atoms with Crippen LogP contribution in [0.25, 0.3) is 33.0 Å². The normalized spacial score (nSPS) is 14.9.